The Bertz CT molecular complexity index is 655. The lowest BCUT2D eigenvalue weighted by Gasteiger charge is -2.08. The zero-order valence-corrected chi connectivity index (χ0v) is 13.8. The topological polar surface area (TPSA) is 64.3 Å². The predicted octanol–water partition coefficient (Wildman–Crippen LogP) is 2.60. The first kappa shape index (κ1) is 16.2. The fraction of sp³-hybridized carbons (Fsp3) is 0.438. The molecule has 6 nitrogen and oxygen atoms in total. The molecule has 0 bridgehead atoms. The van der Waals surface area contributed by atoms with Gasteiger partial charge < -0.3 is 9.30 Å². The van der Waals surface area contributed by atoms with Crippen LogP contribution in [-0.2, 0) is 11.3 Å². The molecule has 1 N–H and O–H groups in total. The van der Waals surface area contributed by atoms with Gasteiger partial charge in [0.2, 0.25) is 5.95 Å². The van der Waals surface area contributed by atoms with Gasteiger partial charge in [0, 0.05) is 42.0 Å². The van der Waals surface area contributed by atoms with E-state index in [1.165, 1.54) is 11.4 Å². The van der Waals surface area contributed by atoms with Crippen molar-refractivity contribution in [3.8, 4) is 0 Å². The van der Waals surface area contributed by atoms with Crippen LogP contribution in [0.4, 0.5) is 5.95 Å². The lowest BCUT2D eigenvalue weighted by molar-refractivity contribution is 0.186. The van der Waals surface area contributed by atoms with Gasteiger partial charge in [0.05, 0.1) is 12.8 Å². The van der Waals surface area contributed by atoms with E-state index in [0.717, 1.165) is 23.5 Å². The normalized spacial score (nSPS) is 11.3. The summed E-state index contributed by atoms with van der Waals surface area (Å²) in [5, 5.41) is 4.25. The number of aryl methyl sites for hydroxylation is 3. The summed E-state index contributed by atoms with van der Waals surface area (Å²) in [6.45, 7) is 9.58. The van der Waals surface area contributed by atoms with Crippen LogP contribution < -0.4 is 5.43 Å². The van der Waals surface area contributed by atoms with E-state index in [1.54, 1.807) is 13.3 Å². The van der Waals surface area contributed by atoms with E-state index in [9.17, 15) is 0 Å². The van der Waals surface area contributed by atoms with Crippen LogP contribution in [0.2, 0.25) is 0 Å². The van der Waals surface area contributed by atoms with Crippen LogP contribution in [0.15, 0.2) is 17.2 Å². The third kappa shape index (κ3) is 3.92. The Balaban J connectivity index is 2.10. The van der Waals surface area contributed by atoms with Gasteiger partial charge in [0.1, 0.15) is 0 Å². The van der Waals surface area contributed by atoms with E-state index in [-0.39, 0.29) is 0 Å². The molecule has 2 aromatic rings. The van der Waals surface area contributed by atoms with Gasteiger partial charge in [-0.1, -0.05) is 0 Å². The molecule has 0 aromatic carbocycles. The molecule has 0 spiro atoms. The Hall–Kier alpha value is -2.21. The number of hydrogen-bond acceptors (Lipinski definition) is 5. The van der Waals surface area contributed by atoms with Gasteiger partial charge in [-0.3, -0.25) is 0 Å². The minimum atomic E-state index is 0.516. The second-order valence-electron chi connectivity index (χ2n) is 5.32. The molecule has 0 fully saturated rings. The number of aromatic nitrogens is 3. The van der Waals surface area contributed by atoms with Crippen molar-refractivity contribution in [2.75, 3.05) is 19.1 Å². The fourth-order valence-electron chi connectivity index (χ4n) is 2.42. The molecule has 0 aliphatic rings. The second-order valence-corrected chi connectivity index (χ2v) is 5.32. The molecule has 0 aliphatic heterocycles. The molecule has 0 aliphatic carbocycles. The van der Waals surface area contributed by atoms with Crippen LogP contribution >= 0.6 is 0 Å². The van der Waals surface area contributed by atoms with E-state index >= 15 is 0 Å². The Morgan fingerprint density at radius 3 is 2.50 bits per heavy atom. The maximum absolute atomic E-state index is 5.14. The number of methoxy groups -OCH3 is 1. The van der Waals surface area contributed by atoms with Crippen molar-refractivity contribution in [2.45, 2.75) is 34.2 Å². The molecular weight excluding hydrogens is 278 g/mol. The van der Waals surface area contributed by atoms with E-state index in [0.29, 0.717) is 12.6 Å². The number of hydrogen-bond donors (Lipinski definition) is 1. The third-order valence-corrected chi connectivity index (χ3v) is 3.48. The Kier molecular flexibility index (Phi) is 5.27. The quantitative estimate of drug-likeness (QED) is 0.658. The lowest BCUT2D eigenvalue weighted by Crippen LogP contribution is -2.07. The molecule has 0 amide bonds. The van der Waals surface area contributed by atoms with Crippen LogP contribution in [-0.4, -0.2) is 34.5 Å². The summed E-state index contributed by atoms with van der Waals surface area (Å²) >= 11 is 0. The molecule has 0 unspecified atom stereocenters. The van der Waals surface area contributed by atoms with Crippen molar-refractivity contribution in [2.24, 2.45) is 5.10 Å². The number of anilines is 1. The summed E-state index contributed by atoms with van der Waals surface area (Å²) in [5.74, 6) is 0.516. The number of nitrogens with zero attached hydrogens (tertiary/aromatic N) is 4. The third-order valence-electron chi connectivity index (χ3n) is 3.48. The van der Waals surface area contributed by atoms with E-state index in [1.807, 2.05) is 19.9 Å². The number of ether oxygens (including phenoxy) is 1. The molecule has 22 heavy (non-hydrogen) atoms. The smallest absolute Gasteiger partial charge is 0.243 e. The predicted molar refractivity (Wildman–Crippen MR) is 88.5 cm³/mol. The second kappa shape index (κ2) is 7.17. The van der Waals surface area contributed by atoms with E-state index < -0.39 is 0 Å². The van der Waals surface area contributed by atoms with Crippen LogP contribution in [0.5, 0.6) is 0 Å². The van der Waals surface area contributed by atoms with Crippen molar-refractivity contribution in [3.05, 3.63) is 40.5 Å². The van der Waals surface area contributed by atoms with Crippen molar-refractivity contribution < 1.29 is 4.74 Å². The zero-order valence-electron chi connectivity index (χ0n) is 13.8. The largest absolute Gasteiger partial charge is 0.383 e. The molecule has 2 aromatic heterocycles. The Morgan fingerprint density at radius 1 is 1.18 bits per heavy atom. The highest BCUT2D eigenvalue weighted by Gasteiger charge is 2.07. The van der Waals surface area contributed by atoms with Gasteiger partial charge in [-0.25, -0.2) is 15.4 Å². The van der Waals surface area contributed by atoms with Crippen molar-refractivity contribution in [1.29, 1.82) is 0 Å². The summed E-state index contributed by atoms with van der Waals surface area (Å²) in [7, 11) is 1.71. The first-order valence-electron chi connectivity index (χ1n) is 7.28. The van der Waals surface area contributed by atoms with Gasteiger partial charge in [0.15, 0.2) is 0 Å². The van der Waals surface area contributed by atoms with Crippen molar-refractivity contribution in [3.63, 3.8) is 0 Å². The molecular formula is C16H23N5O. The van der Waals surface area contributed by atoms with Gasteiger partial charge >= 0.3 is 0 Å². The molecule has 6 heteroatoms. The summed E-state index contributed by atoms with van der Waals surface area (Å²) in [4.78, 5) is 8.59. The minimum Gasteiger partial charge on any atom is -0.383 e. The highest BCUT2D eigenvalue weighted by molar-refractivity contribution is 5.82. The molecule has 0 saturated carbocycles. The van der Waals surface area contributed by atoms with Crippen molar-refractivity contribution in [1.82, 2.24) is 14.5 Å². The summed E-state index contributed by atoms with van der Waals surface area (Å²) in [6.07, 6.45) is 1.80. The SMILES string of the molecule is COCCn1c(C)cc(C=NNc2nc(C)cc(C)n2)c1C. The fourth-order valence-corrected chi connectivity index (χ4v) is 2.42. The minimum absolute atomic E-state index is 0.516. The molecule has 2 heterocycles. The molecule has 0 radical (unpaired) electrons. The number of nitrogens with one attached hydrogen (secondary N) is 1. The molecule has 2 rings (SSSR count). The maximum atomic E-state index is 5.14. The monoisotopic (exact) mass is 301 g/mol. The van der Waals surface area contributed by atoms with Crippen LogP contribution in [0.3, 0.4) is 0 Å². The molecule has 0 saturated heterocycles. The highest BCUT2D eigenvalue weighted by Crippen LogP contribution is 2.13. The van der Waals surface area contributed by atoms with Gasteiger partial charge in [0.25, 0.3) is 0 Å². The maximum Gasteiger partial charge on any atom is 0.243 e. The van der Waals surface area contributed by atoms with Crippen LogP contribution in [0.1, 0.15) is 28.3 Å². The lowest BCUT2D eigenvalue weighted by atomic mass is 10.3. The standard InChI is InChI=1S/C16H23N5O/c1-11-8-12(2)19-16(18-11)20-17-10-15-9-13(3)21(14(15)4)6-7-22-5/h8-10H,6-7H2,1-5H3,(H,18,19,20). The highest BCUT2D eigenvalue weighted by atomic mass is 16.5. The Labute approximate surface area is 131 Å². The average molecular weight is 301 g/mol. The molecule has 118 valence electrons. The first-order chi connectivity index (χ1) is 10.5. The van der Waals surface area contributed by atoms with Gasteiger partial charge in [-0.05, 0) is 39.8 Å². The Morgan fingerprint density at radius 2 is 1.86 bits per heavy atom. The molecule has 0 atom stereocenters. The first-order valence-corrected chi connectivity index (χ1v) is 7.28. The number of rotatable bonds is 6. The number of hydrazone groups is 1. The van der Waals surface area contributed by atoms with E-state index in [2.05, 4.69) is 45.0 Å². The van der Waals surface area contributed by atoms with Gasteiger partial charge in [-0.15, -0.1) is 0 Å². The van der Waals surface area contributed by atoms with Crippen molar-refractivity contribution >= 4 is 12.2 Å². The zero-order chi connectivity index (χ0) is 16.1. The summed E-state index contributed by atoms with van der Waals surface area (Å²) in [6, 6.07) is 4.04. The summed E-state index contributed by atoms with van der Waals surface area (Å²) in [5.41, 5.74) is 8.16. The van der Waals surface area contributed by atoms with Crippen LogP contribution in [0.25, 0.3) is 0 Å². The van der Waals surface area contributed by atoms with Crippen LogP contribution in [0, 0.1) is 27.7 Å². The average Bonchev–Trinajstić information content (AvgIpc) is 2.70. The van der Waals surface area contributed by atoms with Gasteiger partial charge in [-0.2, -0.15) is 5.10 Å². The van der Waals surface area contributed by atoms with E-state index in [4.69, 9.17) is 4.74 Å². The summed E-state index contributed by atoms with van der Waals surface area (Å²) < 4.78 is 7.36.